The molecule has 1 saturated heterocycles. The van der Waals surface area contributed by atoms with Gasteiger partial charge >= 0.3 is 0 Å². The predicted molar refractivity (Wildman–Crippen MR) is 104 cm³/mol. The number of ether oxygens (including phenoxy) is 1. The van der Waals surface area contributed by atoms with Gasteiger partial charge in [-0.05, 0) is 43.0 Å². The zero-order valence-electron chi connectivity index (χ0n) is 16.0. The summed E-state index contributed by atoms with van der Waals surface area (Å²) in [6.45, 7) is 11.5. The van der Waals surface area contributed by atoms with E-state index < -0.39 is 0 Å². The van der Waals surface area contributed by atoms with E-state index in [1.54, 1.807) is 0 Å². The van der Waals surface area contributed by atoms with Gasteiger partial charge in [0.15, 0.2) is 0 Å². The number of hydrogen-bond donors (Lipinski definition) is 2. The molecule has 3 unspecified atom stereocenters. The fourth-order valence-electron chi connectivity index (χ4n) is 4.30. The smallest absolute Gasteiger partial charge is 0.0623 e. The lowest BCUT2D eigenvalue weighted by Gasteiger charge is -2.33. The number of nitrogens with one attached hydrogen (secondary N) is 2. The number of morpholine rings is 1. The Morgan fingerprint density at radius 1 is 1.12 bits per heavy atom. The molecule has 2 N–H and O–H groups in total. The Bertz CT molecular complexity index is 494. The number of hydrogen-bond acceptors (Lipinski definition) is 4. The van der Waals surface area contributed by atoms with Gasteiger partial charge in [0.1, 0.15) is 0 Å². The molecule has 1 saturated carbocycles. The van der Waals surface area contributed by atoms with Gasteiger partial charge in [-0.25, -0.2) is 0 Å². The first-order valence-electron chi connectivity index (χ1n) is 10.1. The van der Waals surface area contributed by atoms with Gasteiger partial charge in [0, 0.05) is 31.7 Å². The van der Waals surface area contributed by atoms with E-state index in [-0.39, 0.29) is 0 Å². The first kappa shape index (κ1) is 18.8. The molecular weight excluding hydrogens is 310 g/mol. The minimum Gasteiger partial charge on any atom is -0.379 e. The van der Waals surface area contributed by atoms with Crippen LogP contribution in [-0.2, 0) is 17.8 Å². The highest BCUT2D eigenvalue weighted by Crippen LogP contribution is 2.29. The van der Waals surface area contributed by atoms with Crippen LogP contribution in [0.2, 0.25) is 0 Å². The third-order valence-corrected chi connectivity index (χ3v) is 5.93. The summed E-state index contributed by atoms with van der Waals surface area (Å²) in [5.74, 6) is 0.710. The second-order valence-corrected chi connectivity index (χ2v) is 7.50. The first-order chi connectivity index (χ1) is 12.3. The molecule has 1 aromatic carbocycles. The van der Waals surface area contributed by atoms with E-state index in [0.29, 0.717) is 18.0 Å². The molecular formula is C21H35N3O. The van der Waals surface area contributed by atoms with Crippen molar-refractivity contribution in [2.75, 3.05) is 32.8 Å². The summed E-state index contributed by atoms with van der Waals surface area (Å²) in [5.41, 5.74) is 2.80. The lowest BCUT2D eigenvalue weighted by atomic mass is 9.94. The molecule has 4 nitrogen and oxygen atoms in total. The molecule has 25 heavy (non-hydrogen) atoms. The molecule has 1 aliphatic heterocycles. The minimum atomic E-state index is 0.533. The maximum absolute atomic E-state index is 5.67. The van der Waals surface area contributed by atoms with Gasteiger partial charge in [0.05, 0.1) is 13.2 Å². The van der Waals surface area contributed by atoms with E-state index in [1.165, 1.54) is 30.4 Å². The van der Waals surface area contributed by atoms with Crippen LogP contribution in [0.15, 0.2) is 24.3 Å². The van der Waals surface area contributed by atoms with Crippen molar-refractivity contribution < 1.29 is 4.74 Å². The third kappa shape index (κ3) is 5.27. The standard InChI is InChI=1S/C21H35N3O/c1-3-24(4-2)15-18-10-8-17(9-11-18)14-23-20-7-5-6-19(20)21-16-25-13-12-22-21/h8-11,19-23H,3-7,12-16H2,1-2H3. The average Bonchev–Trinajstić information content (AvgIpc) is 3.14. The molecule has 0 amide bonds. The molecule has 3 rings (SSSR count). The van der Waals surface area contributed by atoms with E-state index >= 15 is 0 Å². The molecule has 0 spiro atoms. The van der Waals surface area contributed by atoms with E-state index in [0.717, 1.165) is 45.9 Å². The first-order valence-corrected chi connectivity index (χ1v) is 10.1. The van der Waals surface area contributed by atoms with Crippen molar-refractivity contribution in [3.63, 3.8) is 0 Å². The zero-order valence-corrected chi connectivity index (χ0v) is 16.0. The van der Waals surface area contributed by atoms with Crippen molar-refractivity contribution in [3.05, 3.63) is 35.4 Å². The van der Waals surface area contributed by atoms with Crippen LogP contribution < -0.4 is 10.6 Å². The van der Waals surface area contributed by atoms with Crippen LogP contribution in [0.25, 0.3) is 0 Å². The average molecular weight is 346 g/mol. The fraction of sp³-hybridized carbons (Fsp3) is 0.714. The SMILES string of the molecule is CCN(CC)Cc1ccc(CNC2CCCC2C2COCCN2)cc1. The van der Waals surface area contributed by atoms with Crippen LogP contribution in [0.3, 0.4) is 0 Å². The number of rotatable bonds is 8. The van der Waals surface area contributed by atoms with Crippen LogP contribution in [0.5, 0.6) is 0 Å². The summed E-state index contributed by atoms with van der Waals surface area (Å²) >= 11 is 0. The second kappa shape index (κ2) is 9.67. The normalized spacial score (nSPS) is 27.1. The van der Waals surface area contributed by atoms with Crippen LogP contribution >= 0.6 is 0 Å². The maximum atomic E-state index is 5.67. The topological polar surface area (TPSA) is 36.5 Å². The highest BCUT2D eigenvalue weighted by Gasteiger charge is 2.34. The molecule has 140 valence electrons. The van der Waals surface area contributed by atoms with Gasteiger partial charge in [-0.3, -0.25) is 4.90 Å². The summed E-state index contributed by atoms with van der Waals surface area (Å²) in [6, 6.07) is 10.3. The Hall–Kier alpha value is -0.940. The number of benzene rings is 1. The summed E-state index contributed by atoms with van der Waals surface area (Å²) < 4.78 is 5.67. The quantitative estimate of drug-likeness (QED) is 0.760. The zero-order chi connectivity index (χ0) is 17.5. The van der Waals surface area contributed by atoms with Crippen molar-refractivity contribution in [2.24, 2.45) is 5.92 Å². The molecule has 1 aliphatic carbocycles. The van der Waals surface area contributed by atoms with Gasteiger partial charge < -0.3 is 15.4 Å². The molecule has 2 fully saturated rings. The minimum absolute atomic E-state index is 0.533. The van der Waals surface area contributed by atoms with Gasteiger partial charge in [0.2, 0.25) is 0 Å². The Morgan fingerprint density at radius 3 is 2.56 bits per heavy atom. The molecule has 0 radical (unpaired) electrons. The van der Waals surface area contributed by atoms with Gasteiger partial charge in [0.25, 0.3) is 0 Å². The lowest BCUT2D eigenvalue weighted by molar-refractivity contribution is 0.0524. The van der Waals surface area contributed by atoms with Crippen molar-refractivity contribution in [1.82, 2.24) is 15.5 Å². The molecule has 4 heteroatoms. The van der Waals surface area contributed by atoms with Gasteiger partial charge in [-0.2, -0.15) is 0 Å². The Balaban J connectivity index is 1.49. The fourth-order valence-corrected chi connectivity index (χ4v) is 4.30. The predicted octanol–water partition coefficient (Wildman–Crippen LogP) is 2.78. The molecule has 0 aromatic heterocycles. The van der Waals surface area contributed by atoms with E-state index in [1.807, 2.05) is 0 Å². The Kier molecular flexibility index (Phi) is 7.29. The van der Waals surface area contributed by atoms with Crippen LogP contribution in [-0.4, -0.2) is 49.8 Å². The Morgan fingerprint density at radius 2 is 1.88 bits per heavy atom. The lowest BCUT2D eigenvalue weighted by Crippen LogP contribution is -2.50. The van der Waals surface area contributed by atoms with Crippen LogP contribution in [0.4, 0.5) is 0 Å². The third-order valence-electron chi connectivity index (χ3n) is 5.93. The summed E-state index contributed by atoms with van der Waals surface area (Å²) in [7, 11) is 0. The molecule has 3 atom stereocenters. The van der Waals surface area contributed by atoms with Gasteiger partial charge in [-0.15, -0.1) is 0 Å². The summed E-state index contributed by atoms with van der Waals surface area (Å²) in [5, 5.41) is 7.48. The van der Waals surface area contributed by atoms with E-state index in [2.05, 4.69) is 53.6 Å². The number of nitrogens with zero attached hydrogens (tertiary/aromatic N) is 1. The van der Waals surface area contributed by atoms with Crippen molar-refractivity contribution in [1.29, 1.82) is 0 Å². The highest BCUT2D eigenvalue weighted by molar-refractivity contribution is 5.22. The van der Waals surface area contributed by atoms with Crippen LogP contribution in [0, 0.1) is 5.92 Å². The second-order valence-electron chi connectivity index (χ2n) is 7.50. The van der Waals surface area contributed by atoms with Crippen molar-refractivity contribution in [2.45, 2.75) is 58.3 Å². The van der Waals surface area contributed by atoms with Crippen molar-refractivity contribution in [3.8, 4) is 0 Å². The Labute approximate surface area is 153 Å². The van der Waals surface area contributed by atoms with Crippen LogP contribution in [0.1, 0.15) is 44.2 Å². The molecule has 0 bridgehead atoms. The van der Waals surface area contributed by atoms with Crippen molar-refractivity contribution >= 4 is 0 Å². The summed E-state index contributed by atoms with van der Waals surface area (Å²) in [4.78, 5) is 2.45. The monoisotopic (exact) mass is 345 g/mol. The summed E-state index contributed by atoms with van der Waals surface area (Å²) in [6.07, 6.45) is 3.95. The molecule has 1 heterocycles. The maximum Gasteiger partial charge on any atom is 0.0623 e. The van der Waals surface area contributed by atoms with Gasteiger partial charge in [-0.1, -0.05) is 44.5 Å². The molecule has 2 aliphatic rings. The largest absolute Gasteiger partial charge is 0.379 e. The molecule has 1 aromatic rings. The van der Waals surface area contributed by atoms with E-state index in [9.17, 15) is 0 Å². The van der Waals surface area contributed by atoms with E-state index in [4.69, 9.17) is 4.74 Å². The highest BCUT2D eigenvalue weighted by atomic mass is 16.5.